The highest BCUT2D eigenvalue weighted by Gasteiger charge is 2.15. The van der Waals surface area contributed by atoms with Gasteiger partial charge in [0.2, 0.25) is 0 Å². The van der Waals surface area contributed by atoms with Crippen LogP contribution >= 0.6 is 0 Å². The highest BCUT2D eigenvalue weighted by Crippen LogP contribution is 2.20. The molecule has 0 bridgehead atoms. The minimum absolute atomic E-state index is 0.411. The van der Waals surface area contributed by atoms with Crippen molar-refractivity contribution in [3.63, 3.8) is 0 Å². The Morgan fingerprint density at radius 3 is 2.70 bits per heavy atom. The van der Waals surface area contributed by atoms with Crippen LogP contribution in [0.25, 0.3) is 11.1 Å². The van der Waals surface area contributed by atoms with Crippen LogP contribution in [0.1, 0.15) is 26.3 Å². The Kier molecular flexibility index (Phi) is 4.13. The number of nitrogens with one attached hydrogen (secondary N) is 1. The van der Waals surface area contributed by atoms with Crippen LogP contribution in [0.3, 0.4) is 0 Å². The van der Waals surface area contributed by atoms with Gasteiger partial charge in [-0.05, 0) is 44.0 Å². The second-order valence-electron chi connectivity index (χ2n) is 5.57. The van der Waals surface area contributed by atoms with E-state index >= 15 is 0 Å². The van der Waals surface area contributed by atoms with Crippen LogP contribution in [0.15, 0.2) is 47.3 Å². The van der Waals surface area contributed by atoms with E-state index in [1.54, 1.807) is 12.5 Å². The molecule has 20 heavy (non-hydrogen) atoms. The molecule has 1 aromatic carbocycles. The molecule has 0 aliphatic rings. The Hall–Kier alpha value is -2.23. The lowest BCUT2D eigenvalue weighted by molar-refractivity contribution is 0.0523. The van der Waals surface area contributed by atoms with E-state index in [-0.39, 0.29) is 0 Å². The fourth-order valence-electron chi connectivity index (χ4n) is 1.78. The molecule has 4 nitrogen and oxygen atoms in total. The molecule has 0 aliphatic heterocycles. The van der Waals surface area contributed by atoms with E-state index in [0.29, 0.717) is 6.54 Å². The van der Waals surface area contributed by atoms with E-state index in [4.69, 9.17) is 9.15 Å². The number of ether oxygens (including phenoxy) is 1. The Labute approximate surface area is 118 Å². The van der Waals surface area contributed by atoms with Crippen molar-refractivity contribution in [2.24, 2.45) is 0 Å². The molecule has 2 rings (SSSR count). The topological polar surface area (TPSA) is 51.5 Å². The molecule has 1 heterocycles. The lowest BCUT2D eigenvalue weighted by Gasteiger charge is -2.19. The quantitative estimate of drug-likeness (QED) is 0.920. The average Bonchev–Trinajstić information content (AvgIpc) is 2.88. The van der Waals surface area contributed by atoms with Crippen molar-refractivity contribution in [3.8, 4) is 11.1 Å². The number of carbonyl (C=O) groups excluding carboxylic acids is 1. The van der Waals surface area contributed by atoms with E-state index in [1.165, 1.54) is 0 Å². The van der Waals surface area contributed by atoms with Gasteiger partial charge in [0.15, 0.2) is 0 Å². The minimum Gasteiger partial charge on any atom is -0.472 e. The second kappa shape index (κ2) is 5.82. The summed E-state index contributed by atoms with van der Waals surface area (Å²) in [5.41, 5.74) is 2.60. The first-order chi connectivity index (χ1) is 9.44. The molecule has 0 atom stereocenters. The Bertz CT molecular complexity index is 568. The van der Waals surface area contributed by atoms with Crippen molar-refractivity contribution in [1.29, 1.82) is 0 Å². The number of hydrogen-bond acceptors (Lipinski definition) is 3. The molecule has 0 unspecified atom stereocenters. The van der Waals surface area contributed by atoms with Crippen molar-refractivity contribution in [1.82, 2.24) is 5.32 Å². The normalized spacial score (nSPS) is 11.2. The molecule has 0 saturated carbocycles. The number of furan rings is 1. The lowest BCUT2D eigenvalue weighted by atomic mass is 10.1. The predicted octanol–water partition coefficient (Wildman–Crippen LogP) is 3.97. The first kappa shape index (κ1) is 14.2. The molecule has 0 radical (unpaired) electrons. The summed E-state index contributed by atoms with van der Waals surface area (Å²) in [5, 5.41) is 2.74. The fraction of sp³-hybridized carbons (Fsp3) is 0.312. The second-order valence-corrected chi connectivity index (χ2v) is 5.57. The zero-order valence-corrected chi connectivity index (χ0v) is 12.0. The fourth-order valence-corrected chi connectivity index (χ4v) is 1.78. The maximum atomic E-state index is 11.6. The van der Waals surface area contributed by atoms with E-state index in [2.05, 4.69) is 5.32 Å². The molecule has 1 aromatic heterocycles. The first-order valence-corrected chi connectivity index (χ1v) is 6.52. The maximum Gasteiger partial charge on any atom is 0.407 e. The van der Waals surface area contributed by atoms with Crippen molar-refractivity contribution >= 4 is 6.09 Å². The smallest absolute Gasteiger partial charge is 0.407 e. The summed E-state index contributed by atoms with van der Waals surface area (Å²) in [5.74, 6) is 0. The van der Waals surface area contributed by atoms with Gasteiger partial charge in [-0.15, -0.1) is 0 Å². The molecule has 0 saturated heterocycles. The van der Waals surface area contributed by atoms with Gasteiger partial charge in [-0.3, -0.25) is 0 Å². The van der Waals surface area contributed by atoms with Crippen LogP contribution in [-0.2, 0) is 11.3 Å². The number of rotatable bonds is 3. The lowest BCUT2D eigenvalue weighted by Crippen LogP contribution is -2.32. The van der Waals surface area contributed by atoms with E-state index in [0.717, 1.165) is 16.7 Å². The number of amides is 1. The van der Waals surface area contributed by atoms with Gasteiger partial charge in [0.25, 0.3) is 0 Å². The summed E-state index contributed by atoms with van der Waals surface area (Å²) in [6.45, 7) is 5.95. The summed E-state index contributed by atoms with van der Waals surface area (Å²) in [4.78, 5) is 11.6. The zero-order valence-electron chi connectivity index (χ0n) is 12.0. The maximum absolute atomic E-state index is 11.6. The van der Waals surface area contributed by atoms with E-state index in [1.807, 2.05) is 51.1 Å². The molecule has 1 N–H and O–H groups in total. The molecular formula is C16H19NO3. The monoisotopic (exact) mass is 273 g/mol. The summed E-state index contributed by atoms with van der Waals surface area (Å²) in [6.07, 6.45) is 2.92. The average molecular weight is 273 g/mol. The predicted molar refractivity (Wildman–Crippen MR) is 77.2 cm³/mol. The van der Waals surface area contributed by atoms with Gasteiger partial charge >= 0.3 is 6.09 Å². The molecule has 4 heteroatoms. The molecule has 2 aromatic rings. The van der Waals surface area contributed by atoms with Crippen molar-refractivity contribution in [2.45, 2.75) is 32.9 Å². The summed E-state index contributed by atoms with van der Waals surface area (Å²) >= 11 is 0. The highest BCUT2D eigenvalue weighted by molar-refractivity contribution is 5.68. The molecule has 106 valence electrons. The molecule has 0 spiro atoms. The van der Waals surface area contributed by atoms with Crippen LogP contribution in [0.2, 0.25) is 0 Å². The van der Waals surface area contributed by atoms with Gasteiger partial charge in [0.05, 0.1) is 12.5 Å². The third-order valence-corrected chi connectivity index (χ3v) is 2.62. The largest absolute Gasteiger partial charge is 0.472 e. The van der Waals surface area contributed by atoms with Crippen molar-refractivity contribution < 1.29 is 13.9 Å². The van der Waals surface area contributed by atoms with Crippen molar-refractivity contribution in [2.75, 3.05) is 0 Å². The Balaban J connectivity index is 1.97. The standard InChI is InChI=1S/C16H19NO3/c1-16(2,3)20-15(18)17-10-12-5-4-6-13(9-12)14-7-8-19-11-14/h4-9,11H,10H2,1-3H3,(H,17,18). The summed E-state index contributed by atoms with van der Waals surface area (Å²) < 4.78 is 10.3. The SMILES string of the molecule is CC(C)(C)OC(=O)NCc1cccc(-c2ccoc2)c1. The third-order valence-electron chi connectivity index (χ3n) is 2.62. The first-order valence-electron chi connectivity index (χ1n) is 6.52. The van der Waals surface area contributed by atoms with Gasteiger partial charge in [0, 0.05) is 12.1 Å². The van der Waals surface area contributed by atoms with Crippen LogP contribution in [0.4, 0.5) is 4.79 Å². The van der Waals surface area contributed by atoms with Crippen LogP contribution in [0.5, 0.6) is 0 Å². The summed E-state index contributed by atoms with van der Waals surface area (Å²) in [7, 11) is 0. The summed E-state index contributed by atoms with van der Waals surface area (Å²) in [6, 6.07) is 9.83. The van der Waals surface area contributed by atoms with Gasteiger partial charge < -0.3 is 14.5 Å². The number of benzene rings is 1. The molecular weight excluding hydrogens is 254 g/mol. The van der Waals surface area contributed by atoms with Crippen molar-refractivity contribution in [3.05, 3.63) is 48.4 Å². The number of hydrogen-bond donors (Lipinski definition) is 1. The minimum atomic E-state index is -0.483. The van der Waals surface area contributed by atoms with E-state index < -0.39 is 11.7 Å². The molecule has 0 fully saturated rings. The van der Waals surface area contributed by atoms with Gasteiger partial charge in [-0.25, -0.2) is 4.79 Å². The Morgan fingerprint density at radius 1 is 1.25 bits per heavy atom. The zero-order chi connectivity index (χ0) is 14.6. The highest BCUT2D eigenvalue weighted by atomic mass is 16.6. The molecule has 0 aliphatic carbocycles. The van der Waals surface area contributed by atoms with Crippen LogP contribution in [0, 0.1) is 0 Å². The number of alkyl carbamates (subject to hydrolysis) is 1. The third kappa shape index (κ3) is 4.16. The van der Waals surface area contributed by atoms with Gasteiger partial charge in [-0.2, -0.15) is 0 Å². The van der Waals surface area contributed by atoms with Gasteiger partial charge in [-0.1, -0.05) is 18.2 Å². The molecule has 1 amide bonds. The Morgan fingerprint density at radius 2 is 2.05 bits per heavy atom. The van der Waals surface area contributed by atoms with Crippen LogP contribution < -0.4 is 5.32 Å². The number of carbonyl (C=O) groups is 1. The van der Waals surface area contributed by atoms with Gasteiger partial charge in [0.1, 0.15) is 5.60 Å². The van der Waals surface area contributed by atoms with Crippen LogP contribution in [-0.4, -0.2) is 11.7 Å². The van der Waals surface area contributed by atoms with E-state index in [9.17, 15) is 4.79 Å².